The number of rotatable bonds is 15. The Morgan fingerprint density at radius 1 is 0.786 bits per heavy atom. The molecule has 0 bridgehead atoms. The highest BCUT2D eigenvalue weighted by Gasteiger charge is 2.46. The summed E-state index contributed by atoms with van der Waals surface area (Å²) in [6.45, 7) is -0.822. The van der Waals surface area contributed by atoms with Crippen molar-refractivity contribution < 1.29 is 58.7 Å². The Bertz CT molecular complexity index is 1560. The van der Waals surface area contributed by atoms with Gasteiger partial charge in [-0.15, -0.1) is 0 Å². The zero-order valence-electron chi connectivity index (χ0n) is 30.6. The molecule has 0 radical (unpaired) electrons. The quantitative estimate of drug-likeness (QED) is 0.0447. The second-order valence-electron chi connectivity index (χ2n) is 13.3. The molecule has 2 aliphatic rings. The molecule has 16 N–H and O–H groups in total. The third kappa shape index (κ3) is 14.0. The summed E-state index contributed by atoms with van der Waals surface area (Å²) in [6.07, 6.45) is -7.92. The molecule has 0 aliphatic carbocycles. The number of guanidine groups is 1. The molecule has 2 fully saturated rings. The summed E-state index contributed by atoms with van der Waals surface area (Å²) < 4.78 is 5.39. The number of carbonyl (C=O) groups is 7. The van der Waals surface area contributed by atoms with Gasteiger partial charge in [0.2, 0.25) is 29.5 Å². The number of aliphatic hydroxyl groups is 3. The molecule has 1 aromatic carbocycles. The average molecular weight is 793 g/mol. The first-order valence-electron chi connectivity index (χ1n) is 18.1. The molecule has 2 heterocycles. The summed E-state index contributed by atoms with van der Waals surface area (Å²) in [5.41, 5.74) is 16.9. The number of amides is 6. The molecule has 0 saturated carbocycles. The summed E-state index contributed by atoms with van der Waals surface area (Å²) in [5, 5.41) is 54.8. The molecular weight excluding hydrogens is 740 g/mol. The predicted molar refractivity (Wildman–Crippen MR) is 196 cm³/mol. The lowest BCUT2D eigenvalue weighted by Gasteiger charge is -2.39. The van der Waals surface area contributed by atoms with E-state index in [1.54, 1.807) is 30.3 Å². The minimum absolute atomic E-state index is 0.00581. The van der Waals surface area contributed by atoms with Gasteiger partial charge in [-0.2, -0.15) is 0 Å². The molecule has 22 nitrogen and oxygen atoms in total. The van der Waals surface area contributed by atoms with Gasteiger partial charge in [-0.1, -0.05) is 30.3 Å². The first-order valence-corrected chi connectivity index (χ1v) is 18.1. The van der Waals surface area contributed by atoms with Gasteiger partial charge >= 0.3 is 5.97 Å². The Morgan fingerprint density at radius 2 is 1.39 bits per heavy atom. The lowest BCUT2D eigenvalue weighted by molar-refractivity contribution is -0.217. The van der Waals surface area contributed by atoms with Gasteiger partial charge in [0.25, 0.3) is 5.91 Å². The second-order valence-corrected chi connectivity index (χ2v) is 13.3. The molecule has 22 heteroatoms. The van der Waals surface area contributed by atoms with Crippen LogP contribution in [-0.4, -0.2) is 149 Å². The van der Waals surface area contributed by atoms with E-state index in [4.69, 9.17) is 21.9 Å². The Kier molecular flexibility index (Phi) is 17.8. The van der Waals surface area contributed by atoms with E-state index in [1.165, 1.54) is 0 Å². The number of carboxylic acids is 1. The first-order chi connectivity index (χ1) is 26.6. The standard InChI is InChI=1S/C34H52N10O12/c35-15-22-25(48)26(49)27(50)28(56-22)33(55)38-11-5-4-9-19-30(52)42-18(10-6-12-39-34(36)37)29(51)40-16-23(45)41-21(14-24(46)47)32(54)44-20(31(53)43-19)13-17-7-2-1-3-8-17/h1-3,7-8,18-22,25-28,48-50H,4-6,9-16,35H2,(H,38,55)(H,40,51)(H,41,45)(H,42,52)(H,43,53)(H,44,54)(H,46,47)(H4,36,37,39)/t18-,19+,20-,21-,22?,25?,26?,27?,28?/m0/s1. The van der Waals surface area contributed by atoms with Crippen molar-refractivity contribution in [2.75, 3.05) is 26.2 Å². The van der Waals surface area contributed by atoms with Gasteiger partial charge in [-0.25, -0.2) is 0 Å². The number of aliphatic carboxylic acids is 1. The highest BCUT2D eigenvalue weighted by Crippen LogP contribution is 2.21. The second kappa shape index (κ2) is 22.2. The number of nitrogens with one attached hydrogen (secondary N) is 6. The number of benzene rings is 1. The topological polar surface area (TPSA) is 372 Å². The largest absolute Gasteiger partial charge is 0.481 e. The maximum absolute atomic E-state index is 13.9. The maximum Gasteiger partial charge on any atom is 0.305 e. The fourth-order valence-corrected chi connectivity index (χ4v) is 5.98. The van der Waals surface area contributed by atoms with Crippen LogP contribution in [0, 0.1) is 0 Å². The summed E-state index contributed by atoms with van der Waals surface area (Å²) in [7, 11) is 0. The lowest BCUT2D eigenvalue weighted by Crippen LogP contribution is -2.62. The van der Waals surface area contributed by atoms with Gasteiger partial charge in [0, 0.05) is 26.1 Å². The van der Waals surface area contributed by atoms with Crippen LogP contribution in [-0.2, 0) is 44.7 Å². The number of nitrogens with zero attached hydrogens (tertiary/aromatic N) is 1. The van der Waals surface area contributed by atoms with Crippen LogP contribution in [0.4, 0.5) is 0 Å². The van der Waals surface area contributed by atoms with Crippen LogP contribution in [0.15, 0.2) is 35.3 Å². The SMILES string of the molecule is NCC1OC(C(=O)NCCCC[C@H]2NC(=O)[C@H](Cc3ccccc3)NC(=O)[C@H](CC(=O)O)NC(=O)CNC(=O)[C@H](CCCN=C(N)N)NC2=O)C(O)C(O)C1O. The number of nitrogens with two attached hydrogens (primary N) is 3. The molecule has 5 unspecified atom stereocenters. The molecule has 0 aromatic heterocycles. The Morgan fingerprint density at radius 3 is 2.04 bits per heavy atom. The van der Waals surface area contributed by atoms with Crippen molar-refractivity contribution in [3.05, 3.63) is 35.9 Å². The maximum atomic E-state index is 13.9. The number of aliphatic imine (C=N–C) groups is 1. The van der Waals surface area contributed by atoms with Gasteiger partial charge in [0.05, 0.1) is 19.1 Å². The van der Waals surface area contributed by atoms with Crippen molar-refractivity contribution in [3.63, 3.8) is 0 Å². The minimum Gasteiger partial charge on any atom is -0.481 e. The average Bonchev–Trinajstić information content (AvgIpc) is 3.15. The lowest BCUT2D eigenvalue weighted by atomic mass is 9.94. The van der Waals surface area contributed by atoms with E-state index in [0.717, 1.165) is 0 Å². The fraction of sp³-hybridized carbons (Fsp3) is 0.588. The smallest absolute Gasteiger partial charge is 0.305 e. The van der Waals surface area contributed by atoms with Crippen molar-refractivity contribution in [2.24, 2.45) is 22.2 Å². The molecule has 56 heavy (non-hydrogen) atoms. The van der Waals surface area contributed by atoms with E-state index in [9.17, 15) is 54.0 Å². The molecule has 2 saturated heterocycles. The molecule has 0 spiro atoms. The highest BCUT2D eigenvalue weighted by atomic mass is 16.5. The van der Waals surface area contributed by atoms with Crippen LogP contribution in [0.5, 0.6) is 0 Å². The van der Waals surface area contributed by atoms with E-state index in [2.05, 4.69) is 36.9 Å². The van der Waals surface area contributed by atoms with Crippen molar-refractivity contribution in [2.45, 2.75) is 99.6 Å². The molecule has 310 valence electrons. The highest BCUT2D eigenvalue weighted by molar-refractivity contribution is 5.98. The number of carbonyl (C=O) groups excluding carboxylic acids is 6. The van der Waals surface area contributed by atoms with Crippen molar-refractivity contribution in [1.82, 2.24) is 31.9 Å². The van der Waals surface area contributed by atoms with Crippen molar-refractivity contribution in [3.8, 4) is 0 Å². The van der Waals surface area contributed by atoms with Gasteiger partial charge in [-0.05, 0) is 37.7 Å². The van der Waals surface area contributed by atoms with Crippen molar-refractivity contribution >= 4 is 47.4 Å². The van der Waals surface area contributed by atoms with E-state index in [1.807, 2.05) is 0 Å². The number of ether oxygens (including phenoxy) is 1. The number of aliphatic hydroxyl groups excluding tert-OH is 3. The molecule has 2 aliphatic heterocycles. The molecular formula is C34H52N10O12. The monoisotopic (exact) mass is 792 g/mol. The van der Waals surface area contributed by atoms with Crippen LogP contribution in [0.2, 0.25) is 0 Å². The molecule has 9 atom stereocenters. The zero-order chi connectivity index (χ0) is 41.4. The summed E-state index contributed by atoms with van der Waals surface area (Å²) in [6, 6.07) is 2.94. The number of carboxylic acid groups (broad SMARTS) is 1. The molecule has 3 rings (SSSR count). The van der Waals surface area contributed by atoms with E-state index in [0.29, 0.717) is 5.56 Å². The third-order valence-corrected chi connectivity index (χ3v) is 9.00. The van der Waals surface area contributed by atoms with E-state index < -0.39 is 109 Å². The Labute approximate surface area is 321 Å². The minimum atomic E-state index is -1.73. The van der Waals surface area contributed by atoms with E-state index >= 15 is 0 Å². The van der Waals surface area contributed by atoms with Gasteiger partial charge < -0.3 is 74.3 Å². The molecule has 6 amide bonds. The Balaban J connectivity index is 1.84. The summed E-state index contributed by atoms with van der Waals surface area (Å²) in [5.74, 6) is -6.75. The molecule has 1 aromatic rings. The number of unbranched alkanes of at least 4 members (excludes halogenated alkanes) is 1. The summed E-state index contributed by atoms with van der Waals surface area (Å²) in [4.78, 5) is 95.4. The van der Waals surface area contributed by atoms with Crippen LogP contribution >= 0.6 is 0 Å². The third-order valence-electron chi connectivity index (χ3n) is 9.00. The summed E-state index contributed by atoms with van der Waals surface area (Å²) >= 11 is 0. The number of hydrogen-bond donors (Lipinski definition) is 13. The normalized spacial score (nSPS) is 27.9. The van der Waals surface area contributed by atoms with Crippen LogP contribution in [0.3, 0.4) is 0 Å². The van der Waals surface area contributed by atoms with Gasteiger partial charge in [0.1, 0.15) is 42.5 Å². The fourth-order valence-electron chi connectivity index (χ4n) is 5.98. The Hall–Kier alpha value is -5.42. The van der Waals surface area contributed by atoms with E-state index in [-0.39, 0.29) is 64.1 Å². The van der Waals surface area contributed by atoms with Gasteiger partial charge in [0.15, 0.2) is 12.1 Å². The van der Waals surface area contributed by atoms with Crippen LogP contribution in [0.25, 0.3) is 0 Å². The van der Waals surface area contributed by atoms with Crippen LogP contribution in [0.1, 0.15) is 44.1 Å². The number of hydrogen-bond acceptors (Lipinski definition) is 13. The van der Waals surface area contributed by atoms with Crippen molar-refractivity contribution in [1.29, 1.82) is 0 Å². The zero-order valence-corrected chi connectivity index (χ0v) is 30.6. The van der Waals surface area contributed by atoms with Gasteiger partial charge in [-0.3, -0.25) is 38.6 Å². The van der Waals surface area contributed by atoms with Crippen LogP contribution < -0.4 is 49.1 Å². The predicted octanol–water partition coefficient (Wildman–Crippen LogP) is -6.08. The first kappa shape index (κ1) is 45.0.